The number of aryl methyl sites for hydroxylation is 2. The van der Waals surface area contributed by atoms with Gasteiger partial charge in [0.2, 0.25) is 10.9 Å². The number of carbonyl (C=O) groups excluding carboxylic acids is 1. The van der Waals surface area contributed by atoms with Crippen LogP contribution in [0.3, 0.4) is 0 Å². The lowest BCUT2D eigenvalue weighted by Gasteiger charge is -2.22. The summed E-state index contributed by atoms with van der Waals surface area (Å²) >= 11 is 1.29. The maximum absolute atomic E-state index is 13.6. The monoisotopic (exact) mass is 435 g/mol. The average molecular weight is 435 g/mol. The molecule has 0 aliphatic carbocycles. The summed E-state index contributed by atoms with van der Waals surface area (Å²) in [4.78, 5) is 28.4. The molecule has 6 nitrogen and oxygen atoms in total. The maximum Gasteiger partial charge on any atom is 0.297 e. The van der Waals surface area contributed by atoms with E-state index < -0.39 is 17.8 Å². The zero-order chi connectivity index (χ0) is 21.7. The summed E-state index contributed by atoms with van der Waals surface area (Å²) in [6.45, 7) is 3.95. The molecule has 1 aliphatic heterocycles. The fourth-order valence-corrected chi connectivity index (χ4v) is 4.69. The van der Waals surface area contributed by atoms with Crippen LogP contribution in [0.4, 0.5) is 9.52 Å². The molecule has 3 heterocycles. The summed E-state index contributed by atoms with van der Waals surface area (Å²) in [6, 6.07) is 10.4. The van der Waals surface area contributed by atoms with Crippen LogP contribution < -0.4 is 10.3 Å². The molecule has 0 bridgehead atoms. The predicted molar refractivity (Wildman–Crippen MR) is 116 cm³/mol. The van der Waals surface area contributed by atoms with Crippen LogP contribution in [0.15, 0.2) is 51.7 Å². The number of fused-ring (bicyclic) bond motifs is 2. The van der Waals surface area contributed by atoms with Gasteiger partial charge in [0.15, 0.2) is 5.43 Å². The van der Waals surface area contributed by atoms with Crippen LogP contribution in [0.1, 0.15) is 52.1 Å². The number of nitrogens with zero attached hydrogens (tertiary/aromatic N) is 3. The Morgan fingerprint density at radius 3 is 2.52 bits per heavy atom. The van der Waals surface area contributed by atoms with Gasteiger partial charge in [-0.1, -0.05) is 43.4 Å². The van der Waals surface area contributed by atoms with E-state index in [1.807, 2.05) is 19.9 Å². The minimum absolute atomic E-state index is 0.00989. The minimum atomic E-state index is -0.772. The molecule has 2 aromatic carbocycles. The Balaban J connectivity index is 1.79. The first-order chi connectivity index (χ1) is 15.0. The number of aromatic nitrogens is 2. The number of anilines is 1. The molecule has 0 saturated heterocycles. The van der Waals surface area contributed by atoms with E-state index in [1.165, 1.54) is 28.4 Å². The molecule has 2 aromatic heterocycles. The average Bonchev–Trinajstić information content (AvgIpc) is 3.37. The van der Waals surface area contributed by atoms with E-state index in [1.54, 1.807) is 24.3 Å². The van der Waals surface area contributed by atoms with Crippen molar-refractivity contribution >= 4 is 33.3 Å². The molecule has 1 amide bonds. The van der Waals surface area contributed by atoms with Gasteiger partial charge in [0.25, 0.3) is 5.91 Å². The summed E-state index contributed by atoms with van der Waals surface area (Å²) in [7, 11) is 0. The standard InChI is InChI=1S/C23H18FN3O3S/c1-3-12-5-10-16-15(11-12)20(28)18-19(13-6-8-14(24)9-7-13)27(22(29)21(18)30-16)23-26-25-17(4-2)31-23/h5-11,19H,3-4H2,1-2H3. The molecule has 1 unspecified atom stereocenters. The fraction of sp³-hybridized carbons (Fsp3) is 0.217. The van der Waals surface area contributed by atoms with E-state index in [2.05, 4.69) is 10.2 Å². The van der Waals surface area contributed by atoms with E-state index in [4.69, 9.17) is 4.42 Å². The number of rotatable bonds is 4. The molecule has 0 saturated carbocycles. The Morgan fingerprint density at radius 2 is 1.84 bits per heavy atom. The second kappa shape index (κ2) is 7.39. The molecule has 1 aliphatic rings. The van der Waals surface area contributed by atoms with E-state index >= 15 is 0 Å². The first-order valence-electron chi connectivity index (χ1n) is 10.0. The van der Waals surface area contributed by atoms with Gasteiger partial charge in [-0.3, -0.25) is 14.5 Å². The number of halogens is 1. The van der Waals surface area contributed by atoms with Gasteiger partial charge in [-0.15, -0.1) is 10.2 Å². The first kappa shape index (κ1) is 19.6. The Morgan fingerprint density at radius 1 is 1.06 bits per heavy atom. The van der Waals surface area contributed by atoms with Gasteiger partial charge in [-0.05, 0) is 48.2 Å². The molecule has 156 valence electrons. The molecular weight excluding hydrogens is 417 g/mol. The van der Waals surface area contributed by atoms with Crippen LogP contribution in [0, 0.1) is 5.82 Å². The molecule has 8 heteroatoms. The van der Waals surface area contributed by atoms with Crippen LogP contribution in [0.25, 0.3) is 11.0 Å². The van der Waals surface area contributed by atoms with Crippen molar-refractivity contribution in [2.75, 3.05) is 4.90 Å². The van der Waals surface area contributed by atoms with Crippen LogP contribution in [0.2, 0.25) is 0 Å². The largest absolute Gasteiger partial charge is 0.450 e. The third-order valence-corrected chi connectivity index (χ3v) is 6.56. The number of carbonyl (C=O) groups is 1. The normalized spacial score (nSPS) is 15.6. The fourth-order valence-electron chi connectivity index (χ4n) is 3.88. The summed E-state index contributed by atoms with van der Waals surface area (Å²) in [6.07, 6.45) is 1.44. The summed E-state index contributed by atoms with van der Waals surface area (Å²) in [5.41, 5.74) is 1.93. The van der Waals surface area contributed by atoms with Gasteiger partial charge in [0, 0.05) is 0 Å². The number of hydrogen-bond acceptors (Lipinski definition) is 6. The third-order valence-electron chi connectivity index (χ3n) is 5.49. The van der Waals surface area contributed by atoms with Gasteiger partial charge < -0.3 is 4.42 Å². The highest BCUT2D eigenvalue weighted by molar-refractivity contribution is 7.15. The van der Waals surface area contributed by atoms with Crippen molar-refractivity contribution in [2.45, 2.75) is 32.7 Å². The lowest BCUT2D eigenvalue weighted by Crippen LogP contribution is -2.29. The smallest absolute Gasteiger partial charge is 0.297 e. The highest BCUT2D eigenvalue weighted by Gasteiger charge is 2.45. The SMILES string of the molecule is CCc1ccc2oc3c(c(=O)c2c1)C(c1ccc(F)cc1)N(c1nnc(CC)s1)C3=O. The summed E-state index contributed by atoms with van der Waals surface area (Å²) < 4.78 is 19.6. The zero-order valence-corrected chi connectivity index (χ0v) is 17.7. The number of amides is 1. The predicted octanol–water partition coefficient (Wildman–Crippen LogP) is 4.66. The van der Waals surface area contributed by atoms with Gasteiger partial charge in [0.1, 0.15) is 16.4 Å². The van der Waals surface area contributed by atoms with Crippen molar-refractivity contribution in [1.29, 1.82) is 0 Å². The molecule has 0 fully saturated rings. The Labute approximate surface area is 181 Å². The van der Waals surface area contributed by atoms with Crippen LogP contribution in [-0.2, 0) is 12.8 Å². The second-order valence-electron chi connectivity index (χ2n) is 7.32. The Hall–Kier alpha value is -3.39. The summed E-state index contributed by atoms with van der Waals surface area (Å²) in [5, 5.41) is 9.87. The highest BCUT2D eigenvalue weighted by atomic mass is 32.1. The maximum atomic E-state index is 13.6. The molecular formula is C23H18FN3O3S. The van der Waals surface area contributed by atoms with Crippen LogP contribution in [0.5, 0.6) is 0 Å². The van der Waals surface area contributed by atoms with E-state index in [-0.39, 0.29) is 16.8 Å². The lowest BCUT2D eigenvalue weighted by molar-refractivity contribution is 0.0970. The number of hydrogen-bond donors (Lipinski definition) is 0. The van der Waals surface area contributed by atoms with E-state index in [0.717, 1.165) is 17.0 Å². The van der Waals surface area contributed by atoms with Crippen LogP contribution in [-0.4, -0.2) is 16.1 Å². The molecule has 31 heavy (non-hydrogen) atoms. The third kappa shape index (κ3) is 3.06. The molecule has 0 radical (unpaired) electrons. The van der Waals surface area contributed by atoms with Gasteiger partial charge >= 0.3 is 0 Å². The van der Waals surface area contributed by atoms with E-state index in [9.17, 15) is 14.0 Å². The Bertz CT molecular complexity index is 1380. The quantitative estimate of drug-likeness (QED) is 0.466. The van der Waals surface area contributed by atoms with Crippen molar-refractivity contribution in [2.24, 2.45) is 0 Å². The first-order valence-corrected chi connectivity index (χ1v) is 10.8. The van der Waals surface area contributed by atoms with Gasteiger partial charge in [-0.25, -0.2) is 4.39 Å². The summed E-state index contributed by atoms with van der Waals surface area (Å²) in [5.74, 6) is -0.867. The number of benzene rings is 2. The van der Waals surface area contributed by atoms with Crippen molar-refractivity contribution in [3.05, 3.63) is 86.0 Å². The highest BCUT2D eigenvalue weighted by Crippen LogP contribution is 2.42. The van der Waals surface area contributed by atoms with E-state index in [0.29, 0.717) is 28.1 Å². The molecule has 1 atom stereocenters. The topological polar surface area (TPSA) is 76.3 Å². The molecule has 5 rings (SSSR count). The van der Waals surface area contributed by atoms with Crippen LogP contribution >= 0.6 is 11.3 Å². The Kier molecular flexibility index (Phi) is 4.66. The van der Waals surface area contributed by atoms with Crippen molar-refractivity contribution in [3.63, 3.8) is 0 Å². The van der Waals surface area contributed by atoms with Crippen molar-refractivity contribution in [1.82, 2.24) is 10.2 Å². The van der Waals surface area contributed by atoms with Crippen molar-refractivity contribution in [3.8, 4) is 0 Å². The van der Waals surface area contributed by atoms with Gasteiger partial charge in [-0.2, -0.15) is 0 Å². The lowest BCUT2D eigenvalue weighted by atomic mass is 9.98. The zero-order valence-electron chi connectivity index (χ0n) is 16.9. The molecule has 4 aromatic rings. The minimum Gasteiger partial charge on any atom is -0.450 e. The van der Waals surface area contributed by atoms with Crippen molar-refractivity contribution < 1.29 is 13.6 Å². The van der Waals surface area contributed by atoms with Gasteiger partial charge in [0.05, 0.1) is 17.0 Å². The second-order valence-corrected chi connectivity index (χ2v) is 8.36. The molecule has 0 N–H and O–H groups in total. The molecule has 0 spiro atoms.